The maximum Gasteiger partial charge on any atom is 0.471 e. The van der Waals surface area contributed by atoms with Crippen molar-refractivity contribution in [2.45, 2.75) is 139 Å². The average molecular weight is 708 g/mol. The fourth-order valence-electron chi connectivity index (χ4n) is 6.99. The number of halogens is 3. The lowest BCUT2D eigenvalue weighted by Crippen LogP contribution is -2.45. The van der Waals surface area contributed by atoms with Gasteiger partial charge in [-0.3, -0.25) is 9.59 Å². The van der Waals surface area contributed by atoms with E-state index >= 15 is 0 Å². The maximum atomic E-state index is 13.2. The maximum absolute atomic E-state index is 13.2. The molecule has 0 saturated carbocycles. The quantitative estimate of drug-likeness (QED) is 0.229. The van der Waals surface area contributed by atoms with E-state index in [2.05, 4.69) is 26.8 Å². The minimum atomic E-state index is -4.93. The smallest absolute Gasteiger partial charge is 0.471 e. The summed E-state index contributed by atoms with van der Waals surface area (Å²) in [5.41, 5.74) is 3.59. The van der Waals surface area contributed by atoms with Crippen LogP contribution in [-0.2, 0) is 19.1 Å². The van der Waals surface area contributed by atoms with Crippen LogP contribution in [0.2, 0.25) is 0 Å². The van der Waals surface area contributed by atoms with Crippen LogP contribution in [0.3, 0.4) is 0 Å². The third-order valence-corrected chi connectivity index (χ3v) is 9.46. The summed E-state index contributed by atoms with van der Waals surface area (Å²) in [4.78, 5) is 25.9. The first-order valence-corrected chi connectivity index (χ1v) is 18.7. The number of hydrogen-bond acceptors (Lipinski definition) is 5. The second kappa shape index (κ2) is 20.8. The molecule has 0 aliphatic heterocycles. The molecular weight excluding hydrogens is 643 g/mol. The van der Waals surface area contributed by atoms with E-state index in [1.54, 1.807) is 45.1 Å². The first-order valence-electron chi connectivity index (χ1n) is 18.7. The van der Waals surface area contributed by atoms with Gasteiger partial charge in [-0.15, -0.1) is 0 Å². The number of hydrogen-bond donors (Lipinski definition) is 1. The molecule has 4 rings (SSSR count). The Balaban J connectivity index is 0.00000166. The van der Waals surface area contributed by atoms with E-state index < -0.39 is 29.3 Å². The molecule has 0 heterocycles. The molecule has 0 saturated heterocycles. The van der Waals surface area contributed by atoms with Gasteiger partial charge in [-0.2, -0.15) is 13.2 Å². The van der Waals surface area contributed by atoms with Crippen molar-refractivity contribution in [3.63, 3.8) is 0 Å². The van der Waals surface area contributed by atoms with Crippen molar-refractivity contribution in [2.75, 3.05) is 19.8 Å². The zero-order valence-corrected chi connectivity index (χ0v) is 32.5. The van der Waals surface area contributed by atoms with Crippen molar-refractivity contribution in [3.8, 4) is 0 Å². The molecule has 0 radical (unpaired) electrons. The van der Waals surface area contributed by atoms with E-state index in [1.165, 1.54) is 17.6 Å². The van der Waals surface area contributed by atoms with Crippen LogP contribution in [0, 0.1) is 17.3 Å². The fraction of sp³-hybridized carbons (Fsp3) is 0.659. The van der Waals surface area contributed by atoms with E-state index in [4.69, 9.17) is 9.47 Å². The van der Waals surface area contributed by atoms with Gasteiger partial charge >= 0.3 is 12.1 Å². The Labute approximate surface area is 300 Å². The third kappa shape index (κ3) is 11.6. The van der Waals surface area contributed by atoms with Crippen LogP contribution in [0.25, 0.3) is 0 Å². The molecule has 284 valence electrons. The molecule has 6 nitrogen and oxygen atoms in total. The molecule has 0 aromatic heterocycles. The van der Waals surface area contributed by atoms with Crippen molar-refractivity contribution in [1.82, 2.24) is 4.90 Å². The molecule has 9 heteroatoms. The molecule has 50 heavy (non-hydrogen) atoms. The van der Waals surface area contributed by atoms with Crippen LogP contribution < -0.4 is 0 Å². The number of fused-ring (bicyclic) bond motifs is 2. The normalized spacial score (nSPS) is 25.4. The van der Waals surface area contributed by atoms with Crippen molar-refractivity contribution >= 4 is 11.7 Å². The number of aliphatic hydroxyl groups is 1. The van der Waals surface area contributed by atoms with Crippen molar-refractivity contribution in [1.29, 1.82) is 0 Å². The predicted molar refractivity (Wildman–Crippen MR) is 197 cm³/mol. The lowest BCUT2D eigenvalue weighted by atomic mass is 9.57. The number of nitrogens with zero attached hydrogens (tertiary/aromatic N) is 1. The summed E-state index contributed by atoms with van der Waals surface area (Å²) in [6, 6.07) is -0.608. The van der Waals surface area contributed by atoms with Gasteiger partial charge in [-0.25, -0.2) is 0 Å². The zero-order chi connectivity index (χ0) is 38.3. The molecule has 0 bridgehead atoms. The van der Waals surface area contributed by atoms with Crippen LogP contribution in [0.1, 0.15) is 121 Å². The van der Waals surface area contributed by atoms with Crippen molar-refractivity contribution in [3.05, 3.63) is 70.6 Å². The summed E-state index contributed by atoms with van der Waals surface area (Å²) in [5, 5.41) is 10.8. The van der Waals surface area contributed by atoms with E-state index in [-0.39, 0.29) is 24.2 Å². The highest BCUT2D eigenvalue weighted by molar-refractivity contribution is 5.85. The van der Waals surface area contributed by atoms with E-state index in [9.17, 15) is 27.9 Å². The van der Waals surface area contributed by atoms with Crippen LogP contribution in [0.15, 0.2) is 70.6 Å². The molecule has 4 unspecified atom stereocenters. The second-order valence-electron chi connectivity index (χ2n) is 13.1. The fourth-order valence-corrected chi connectivity index (χ4v) is 6.99. The van der Waals surface area contributed by atoms with Crippen LogP contribution in [-0.4, -0.2) is 59.5 Å². The summed E-state index contributed by atoms with van der Waals surface area (Å²) in [6.07, 6.45) is 13.2. The summed E-state index contributed by atoms with van der Waals surface area (Å²) < 4.78 is 51.0. The third-order valence-electron chi connectivity index (χ3n) is 9.46. The lowest BCUT2D eigenvalue weighted by molar-refractivity contribution is -0.186. The highest BCUT2D eigenvalue weighted by atomic mass is 19.4. The molecule has 4 aliphatic carbocycles. The van der Waals surface area contributed by atoms with Crippen molar-refractivity contribution in [2.24, 2.45) is 17.3 Å². The van der Waals surface area contributed by atoms with Gasteiger partial charge in [0, 0.05) is 32.0 Å². The molecule has 0 aromatic rings. The monoisotopic (exact) mass is 707 g/mol. The lowest BCUT2D eigenvalue weighted by Gasteiger charge is -2.46. The first-order chi connectivity index (χ1) is 23.6. The second-order valence-corrected chi connectivity index (χ2v) is 13.1. The van der Waals surface area contributed by atoms with Gasteiger partial charge in [0.15, 0.2) is 5.79 Å². The Bertz CT molecular complexity index is 1310. The number of rotatable bonds is 10. The number of carbonyl (C=O) groups excluding carboxylic acids is 2. The Morgan fingerprint density at radius 1 is 1.08 bits per heavy atom. The number of alkyl halides is 3. The highest BCUT2D eigenvalue weighted by Crippen LogP contribution is 2.53. The van der Waals surface area contributed by atoms with Gasteiger partial charge in [-0.05, 0) is 99.7 Å². The minimum absolute atomic E-state index is 0.0676. The largest absolute Gasteiger partial charge is 0.498 e. The molecule has 1 amide bonds. The molecule has 0 fully saturated rings. The molecule has 0 spiro atoms. The Kier molecular flexibility index (Phi) is 18.8. The summed E-state index contributed by atoms with van der Waals surface area (Å²) >= 11 is 0. The molecule has 4 aliphatic rings. The Hall–Kier alpha value is -2.91. The average Bonchev–Trinajstić information content (AvgIpc) is 3.30. The summed E-state index contributed by atoms with van der Waals surface area (Å²) in [5.74, 6) is -2.02. The van der Waals surface area contributed by atoms with Crippen molar-refractivity contribution < 1.29 is 37.3 Å². The van der Waals surface area contributed by atoms with E-state index in [0.717, 1.165) is 29.7 Å². The Morgan fingerprint density at radius 2 is 1.72 bits per heavy atom. The molecule has 4 atom stereocenters. The molecule has 0 aromatic carbocycles. The van der Waals surface area contributed by atoms with Gasteiger partial charge in [0.05, 0.1) is 17.8 Å². The Morgan fingerprint density at radius 3 is 2.28 bits per heavy atom. The predicted octanol–water partition coefficient (Wildman–Crippen LogP) is 10.4. The standard InChI is InChI=1S/C34H44F3NO5.C3H8.2C2H6/c1-6-43-33(41)17-15-29-26(20-33)11-13-28-23(4)32(24(5)39,16-14-30(28)29)18-19-42-27-9-7-8-25(10-12-27)21-38(22(2)3)31(40)34(35,36)37;1-3-2;2*1-2/h7-10,14,16,20,22-23,28,41H,6,11-13,15,17-19,21H2,1-5H3;3H2,1-2H3;2*1-2H3. The first kappa shape index (κ1) is 45.1. The summed E-state index contributed by atoms with van der Waals surface area (Å²) in [6.45, 7) is 21.6. The zero-order valence-electron chi connectivity index (χ0n) is 32.5. The minimum Gasteiger partial charge on any atom is -0.498 e. The van der Waals surface area contributed by atoms with Gasteiger partial charge in [0.25, 0.3) is 0 Å². The molecular formula is C41H64F3NO5. The highest BCUT2D eigenvalue weighted by Gasteiger charge is 2.48. The van der Waals surface area contributed by atoms with Crippen LogP contribution in [0.5, 0.6) is 0 Å². The van der Waals surface area contributed by atoms with Crippen LogP contribution in [0.4, 0.5) is 13.2 Å². The number of allylic oxidation sites excluding steroid dienone is 8. The number of amides is 1. The van der Waals surface area contributed by atoms with Gasteiger partial charge in [0.1, 0.15) is 5.78 Å². The number of ketones is 1. The molecule has 1 N–H and O–H groups in total. The van der Waals surface area contributed by atoms with Gasteiger partial charge in [0.2, 0.25) is 0 Å². The van der Waals surface area contributed by atoms with Gasteiger partial charge in [-0.1, -0.05) is 85.3 Å². The SMILES string of the molecule is CC.CC.CCC.CCOC1(O)C=C2CCC3C(=C2CC1)C=CC(CCOC1=CC=CC(CN(C(=O)C(F)(F)F)C(C)C)=CC1)(C(C)=O)C3C. The number of ether oxygens (including phenoxy) is 2. The van der Waals surface area contributed by atoms with E-state index in [1.807, 2.05) is 46.8 Å². The summed E-state index contributed by atoms with van der Waals surface area (Å²) in [7, 11) is 0. The number of Topliss-reactive ketones (excluding diaryl/α,β-unsaturated/α-hetero) is 1. The van der Waals surface area contributed by atoms with E-state index in [0.29, 0.717) is 43.8 Å². The van der Waals surface area contributed by atoms with Crippen LogP contribution >= 0.6 is 0 Å². The topological polar surface area (TPSA) is 76.1 Å². The number of carbonyl (C=O) groups is 2. The van der Waals surface area contributed by atoms with Gasteiger partial charge < -0.3 is 19.5 Å².